The molecule has 0 aliphatic rings. The summed E-state index contributed by atoms with van der Waals surface area (Å²) in [6, 6.07) is 22.2. The van der Waals surface area contributed by atoms with E-state index in [9.17, 15) is 4.79 Å². The maximum absolute atomic E-state index is 12.0. The highest BCUT2D eigenvalue weighted by Gasteiger charge is 2.03. The van der Waals surface area contributed by atoms with Crippen LogP contribution in [0.3, 0.4) is 0 Å². The topological polar surface area (TPSA) is 53.5 Å². The van der Waals surface area contributed by atoms with E-state index >= 15 is 0 Å². The van der Waals surface area contributed by atoms with Crippen molar-refractivity contribution in [2.75, 3.05) is 11.9 Å². The smallest absolute Gasteiger partial charge is 0.259 e. The van der Waals surface area contributed by atoms with Gasteiger partial charge in [-0.25, -0.2) is 5.43 Å². The fraction of sp³-hybridized carbons (Fsp3) is 0.143. The van der Waals surface area contributed by atoms with E-state index in [1.807, 2.05) is 56.3 Å². The Balaban J connectivity index is 1.60. The maximum Gasteiger partial charge on any atom is 0.259 e. The van der Waals surface area contributed by atoms with Gasteiger partial charge in [0.2, 0.25) is 0 Å². The van der Waals surface area contributed by atoms with Crippen LogP contribution in [-0.4, -0.2) is 18.2 Å². The van der Waals surface area contributed by atoms with Gasteiger partial charge in [-0.15, -0.1) is 0 Å². The minimum absolute atomic E-state index is 0.179. The summed E-state index contributed by atoms with van der Waals surface area (Å²) in [7, 11) is 0. The van der Waals surface area contributed by atoms with Crippen molar-refractivity contribution in [3.63, 3.8) is 0 Å². The molecule has 0 atom stereocenters. The Morgan fingerprint density at radius 1 is 0.960 bits per heavy atom. The van der Waals surface area contributed by atoms with E-state index in [-0.39, 0.29) is 12.5 Å². The molecule has 3 aromatic rings. The molecular weight excluding hydrogens is 310 g/mol. The van der Waals surface area contributed by atoms with E-state index in [1.54, 1.807) is 0 Å². The van der Waals surface area contributed by atoms with Crippen LogP contribution in [0.25, 0.3) is 10.8 Å². The molecule has 0 aromatic heterocycles. The van der Waals surface area contributed by atoms with Crippen LogP contribution in [0.15, 0.2) is 71.8 Å². The van der Waals surface area contributed by atoms with Gasteiger partial charge < -0.3 is 5.32 Å². The fourth-order valence-electron chi connectivity index (χ4n) is 2.60. The van der Waals surface area contributed by atoms with Gasteiger partial charge in [0, 0.05) is 5.69 Å². The minimum atomic E-state index is -0.179. The summed E-state index contributed by atoms with van der Waals surface area (Å²) in [5.74, 6) is -0.179. The van der Waals surface area contributed by atoms with Crippen LogP contribution in [0.5, 0.6) is 0 Å². The molecule has 3 aromatic carbocycles. The predicted molar refractivity (Wildman–Crippen MR) is 104 cm³/mol. The number of amides is 1. The van der Waals surface area contributed by atoms with Crippen LogP contribution in [0.4, 0.5) is 5.69 Å². The largest absolute Gasteiger partial charge is 0.376 e. The second kappa shape index (κ2) is 7.62. The van der Waals surface area contributed by atoms with Crippen molar-refractivity contribution in [2.24, 2.45) is 5.10 Å². The Labute approximate surface area is 147 Å². The van der Waals surface area contributed by atoms with Crippen molar-refractivity contribution >= 4 is 28.1 Å². The SMILES string of the molecule is C/C(=N/NC(=O)CNc1cccc(C)c1)c1ccc2ccccc2c1. The number of hydrogen-bond donors (Lipinski definition) is 2. The Morgan fingerprint density at radius 2 is 1.76 bits per heavy atom. The number of benzene rings is 3. The van der Waals surface area contributed by atoms with Crippen LogP contribution < -0.4 is 10.7 Å². The quantitative estimate of drug-likeness (QED) is 0.546. The zero-order valence-corrected chi connectivity index (χ0v) is 14.4. The zero-order valence-electron chi connectivity index (χ0n) is 14.4. The van der Waals surface area contributed by atoms with Gasteiger partial charge in [-0.2, -0.15) is 5.10 Å². The first-order valence-electron chi connectivity index (χ1n) is 8.25. The second-order valence-corrected chi connectivity index (χ2v) is 6.02. The normalized spacial score (nSPS) is 11.4. The molecule has 4 heteroatoms. The molecule has 25 heavy (non-hydrogen) atoms. The van der Waals surface area contributed by atoms with Crippen LogP contribution in [0, 0.1) is 6.92 Å². The number of nitrogens with one attached hydrogen (secondary N) is 2. The summed E-state index contributed by atoms with van der Waals surface area (Å²) >= 11 is 0. The molecule has 0 saturated heterocycles. The number of carbonyl (C=O) groups is 1. The lowest BCUT2D eigenvalue weighted by Crippen LogP contribution is -2.26. The lowest BCUT2D eigenvalue weighted by Gasteiger charge is -2.07. The summed E-state index contributed by atoms with van der Waals surface area (Å²) in [5.41, 5.74) is 6.43. The molecule has 126 valence electrons. The Bertz CT molecular complexity index is 931. The molecule has 3 rings (SSSR count). The van der Waals surface area contributed by atoms with Crippen molar-refractivity contribution in [1.29, 1.82) is 0 Å². The van der Waals surface area contributed by atoms with E-state index in [0.717, 1.165) is 27.9 Å². The van der Waals surface area contributed by atoms with E-state index < -0.39 is 0 Å². The van der Waals surface area contributed by atoms with Crippen LogP contribution in [-0.2, 0) is 4.79 Å². The molecule has 4 nitrogen and oxygen atoms in total. The number of fused-ring (bicyclic) bond motifs is 1. The summed E-state index contributed by atoms with van der Waals surface area (Å²) in [4.78, 5) is 12.0. The van der Waals surface area contributed by atoms with E-state index in [1.165, 1.54) is 5.39 Å². The summed E-state index contributed by atoms with van der Waals surface area (Å²) in [5, 5.41) is 9.64. The Hall–Kier alpha value is -3.14. The molecule has 0 heterocycles. The lowest BCUT2D eigenvalue weighted by atomic mass is 10.0. The first-order chi connectivity index (χ1) is 12.1. The molecule has 0 unspecified atom stereocenters. The molecule has 0 radical (unpaired) electrons. The number of anilines is 1. The van der Waals surface area contributed by atoms with Gasteiger partial charge in [0.25, 0.3) is 5.91 Å². The van der Waals surface area contributed by atoms with Crippen molar-refractivity contribution in [2.45, 2.75) is 13.8 Å². The maximum atomic E-state index is 12.0. The molecule has 2 N–H and O–H groups in total. The highest BCUT2D eigenvalue weighted by molar-refractivity contribution is 6.02. The van der Waals surface area contributed by atoms with Gasteiger partial charge in [0.15, 0.2) is 0 Å². The number of hydrogen-bond acceptors (Lipinski definition) is 3. The van der Waals surface area contributed by atoms with Crippen molar-refractivity contribution < 1.29 is 4.79 Å². The van der Waals surface area contributed by atoms with Crippen LogP contribution in [0.2, 0.25) is 0 Å². The average molecular weight is 331 g/mol. The third-order valence-corrected chi connectivity index (χ3v) is 3.99. The number of hydrazone groups is 1. The monoisotopic (exact) mass is 331 g/mol. The van der Waals surface area contributed by atoms with Gasteiger partial charge in [0.1, 0.15) is 0 Å². The molecule has 0 fully saturated rings. The van der Waals surface area contributed by atoms with E-state index in [0.29, 0.717) is 0 Å². The van der Waals surface area contributed by atoms with Gasteiger partial charge in [-0.1, -0.05) is 48.5 Å². The number of aryl methyl sites for hydroxylation is 1. The van der Waals surface area contributed by atoms with Crippen molar-refractivity contribution in [1.82, 2.24) is 5.43 Å². The molecule has 0 bridgehead atoms. The molecule has 1 amide bonds. The third kappa shape index (κ3) is 4.44. The van der Waals surface area contributed by atoms with Crippen LogP contribution in [0.1, 0.15) is 18.1 Å². The highest BCUT2D eigenvalue weighted by Crippen LogP contribution is 2.16. The minimum Gasteiger partial charge on any atom is -0.376 e. The predicted octanol–water partition coefficient (Wildman–Crippen LogP) is 4.10. The summed E-state index contributed by atoms with van der Waals surface area (Å²) < 4.78 is 0. The number of rotatable bonds is 5. The standard InChI is InChI=1S/C21H21N3O/c1-15-6-5-9-20(12-15)22-14-21(25)24-23-16(2)18-11-10-17-7-3-4-8-19(17)13-18/h3-13,22H,14H2,1-2H3,(H,24,25)/b23-16-. The van der Waals surface area contributed by atoms with Crippen molar-refractivity contribution in [3.8, 4) is 0 Å². The number of nitrogens with zero attached hydrogens (tertiary/aromatic N) is 1. The lowest BCUT2D eigenvalue weighted by molar-refractivity contribution is -0.119. The molecule has 0 spiro atoms. The van der Waals surface area contributed by atoms with E-state index in [4.69, 9.17) is 0 Å². The Kier molecular flexibility index (Phi) is 5.09. The highest BCUT2D eigenvalue weighted by atomic mass is 16.2. The van der Waals surface area contributed by atoms with E-state index in [2.05, 4.69) is 40.1 Å². The summed E-state index contributed by atoms with van der Waals surface area (Å²) in [6.45, 7) is 4.08. The Morgan fingerprint density at radius 3 is 2.56 bits per heavy atom. The third-order valence-electron chi connectivity index (χ3n) is 3.99. The van der Waals surface area contributed by atoms with Gasteiger partial charge in [0.05, 0.1) is 12.3 Å². The number of carbonyl (C=O) groups excluding carboxylic acids is 1. The second-order valence-electron chi connectivity index (χ2n) is 6.02. The average Bonchev–Trinajstić information content (AvgIpc) is 2.64. The molecule has 0 aliphatic carbocycles. The fourth-order valence-corrected chi connectivity index (χ4v) is 2.60. The van der Waals surface area contributed by atoms with Gasteiger partial charge >= 0.3 is 0 Å². The van der Waals surface area contributed by atoms with Crippen molar-refractivity contribution in [3.05, 3.63) is 77.9 Å². The van der Waals surface area contributed by atoms with Gasteiger partial charge in [-0.05, 0) is 53.9 Å². The molecule has 0 saturated carbocycles. The zero-order chi connectivity index (χ0) is 17.6. The van der Waals surface area contributed by atoms with Crippen LogP contribution >= 0.6 is 0 Å². The summed E-state index contributed by atoms with van der Waals surface area (Å²) in [6.07, 6.45) is 0. The van der Waals surface area contributed by atoms with Gasteiger partial charge in [-0.3, -0.25) is 4.79 Å². The molecule has 0 aliphatic heterocycles. The first kappa shape index (κ1) is 16.7. The molecular formula is C21H21N3O. The first-order valence-corrected chi connectivity index (χ1v) is 8.25.